The van der Waals surface area contributed by atoms with Crippen LogP contribution in [0.3, 0.4) is 0 Å². The number of aromatic nitrogens is 2. The molecule has 0 bridgehead atoms. The Kier molecular flexibility index (Phi) is 3.81. The quantitative estimate of drug-likeness (QED) is 0.624. The topological polar surface area (TPSA) is 107 Å². The van der Waals surface area contributed by atoms with Crippen molar-refractivity contribution < 1.29 is 10.0 Å². The second kappa shape index (κ2) is 5.34. The summed E-state index contributed by atoms with van der Waals surface area (Å²) in [6.07, 6.45) is 5.19. The first-order valence-electron chi connectivity index (χ1n) is 6.26. The van der Waals surface area contributed by atoms with Gasteiger partial charge in [0.1, 0.15) is 5.69 Å². The van der Waals surface area contributed by atoms with E-state index in [-0.39, 0.29) is 30.6 Å². The van der Waals surface area contributed by atoms with Gasteiger partial charge in [-0.1, -0.05) is 19.3 Å². The first-order valence-corrected chi connectivity index (χ1v) is 6.26. The monoisotopic (exact) mass is 254 g/mol. The maximum atomic E-state index is 11.1. The molecule has 0 aromatic carbocycles. The third-order valence-corrected chi connectivity index (χ3v) is 3.48. The molecule has 100 valence electrons. The van der Waals surface area contributed by atoms with Crippen LogP contribution in [0.1, 0.15) is 43.7 Å². The number of nitrogens with zero attached hydrogens (tertiary/aromatic N) is 3. The average molecular weight is 254 g/mol. The van der Waals surface area contributed by atoms with Crippen molar-refractivity contribution in [3.8, 4) is 0 Å². The van der Waals surface area contributed by atoms with Crippen LogP contribution < -0.4 is 5.73 Å². The van der Waals surface area contributed by atoms with Gasteiger partial charge in [0.15, 0.2) is 0 Å². The third-order valence-electron chi connectivity index (χ3n) is 3.48. The van der Waals surface area contributed by atoms with E-state index in [1.165, 1.54) is 11.1 Å². The largest absolute Gasteiger partial charge is 0.394 e. The molecule has 1 aliphatic rings. The Labute approximate surface area is 105 Å². The fourth-order valence-electron chi connectivity index (χ4n) is 2.59. The minimum atomic E-state index is -0.458. The molecule has 18 heavy (non-hydrogen) atoms. The average Bonchev–Trinajstić information content (AvgIpc) is 2.69. The number of aliphatic hydroxyl groups is 1. The highest BCUT2D eigenvalue weighted by Crippen LogP contribution is 2.39. The zero-order valence-electron chi connectivity index (χ0n) is 10.2. The van der Waals surface area contributed by atoms with Crippen LogP contribution in [0.15, 0.2) is 0 Å². The van der Waals surface area contributed by atoms with Crippen molar-refractivity contribution >= 4 is 11.5 Å². The molecule has 1 saturated carbocycles. The van der Waals surface area contributed by atoms with Crippen molar-refractivity contribution in [2.75, 3.05) is 12.3 Å². The van der Waals surface area contributed by atoms with Crippen molar-refractivity contribution in [2.24, 2.45) is 0 Å². The molecular formula is C11H18N4O3. The summed E-state index contributed by atoms with van der Waals surface area (Å²) in [4.78, 5) is 10.7. The van der Waals surface area contributed by atoms with Crippen LogP contribution in [-0.4, -0.2) is 26.4 Å². The van der Waals surface area contributed by atoms with E-state index in [0.717, 1.165) is 25.7 Å². The fourth-order valence-corrected chi connectivity index (χ4v) is 2.59. The maximum Gasteiger partial charge on any atom is 0.334 e. The lowest BCUT2D eigenvalue weighted by Gasteiger charge is -2.18. The number of hydrogen-bond acceptors (Lipinski definition) is 5. The lowest BCUT2D eigenvalue weighted by molar-refractivity contribution is -0.384. The first-order chi connectivity index (χ1) is 8.65. The van der Waals surface area contributed by atoms with Crippen LogP contribution in [0.2, 0.25) is 0 Å². The number of nitro groups is 1. The summed E-state index contributed by atoms with van der Waals surface area (Å²) in [5, 5.41) is 24.3. The summed E-state index contributed by atoms with van der Waals surface area (Å²) in [5.74, 6) is 0.177. The van der Waals surface area contributed by atoms with Gasteiger partial charge in [-0.25, -0.2) is 4.68 Å². The zero-order valence-corrected chi connectivity index (χ0v) is 10.2. The molecule has 2 rings (SSSR count). The Morgan fingerprint density at radius 3 is 2.67 bits per heavy atom. The highest BCUT2D eigenvalue weighted by atomic mass is 16.6. The number of rotatable bonds is 4. The van der Waals surface area contributed by atoms with E-state index in [9.17, 15) is 10.1 Å². The molecule has 7 nitrogen and oxygen atoms in total. The summed E-state index contributed by atoms with van der Waals surface area (Å²) in [6, 6.07) is 0. The predicted molar refractivity (Wildman–Crippen MR) is 66.2 cm³/mol. The van der Waals surface area contributed by atoms with Gasteiger partial charge in [-0.15, -0.1) is 0 Å². The van der Waals surface area contributed by atoms with E-state index in [1.807, 2.05) is 0 Å². The van der Waals surface area contributed by atoms with E-state index in [2.05, 4.69) is 5.10 Å². The number of aliphatic hydroxyl groups excluding tert-OH is 1. The second-order valence-corrected chi connectivity index (χ2v) is 4.66. The van der Waals surface area contributed by atoms with E-state index in [4.69, 9.17) is 10.8 Å². The lowest BCUT2D eigenvalue weighted by Crippen LogP contribution is -2.09. The first kappa shape index (κ1) is 12.8. The molecule has 0 saturated heterocycles. The van der Waals surface area contributed by atoms with Gasteiger partial charge in [0.05, 0.1) is 18.1 Å². The molecular weight excluding hydrogens is 236 g/mol. The summed E-state index contributed by atoms with van der Waals surface area (Å²) in [6.45, 7) is 0.0620. The van der Waals surface area contributed by atoms with E-state index < -0.39 is 4.92 Å². The van der Waals surface area contributed by atoms with Gasteiger partial charge < -0.3 is 10.8 Å². The Balaban J connectivity index is 2.37. The van der Waals surface area contributed by atoms with Gasteiger partial charge in [-0.05, 0) is 12.8 Å². The van der Waals surface area contributed by atoms with Crippen LogP contribution in [0, 0.1) is 10.1 Å². The van der Waals surface area contributed by atoms with E-state index in [0.29, 0.717) is 5.69 Å². The number of anilines is 1. The molecule has 0 unspecified atom stereocenters. The van der Waals surface area contributed by atoms with Gasteiger partial charge in [0.2, 0.25) is 5.82 Å². The SMILES string of the molecule is Nc1c([N+](=O)[O-])c(C2CCCCC2)nn1CCO. The second-order valence-electron chi connectivity index (χ2n) is 4.66. The number of hydrogen-bond donors (Lipinski definition) is 2. The minimum absolute atomic E-state index is 0.0506. The summed E-state index contributed by atoms with van der Waals surface area (Å²) in [7, 11) is 0. The van der Waals surface area contributed by atoms with Crippen molar-refractivity contribution in [3.05, 3.63) is 15.8 Å². The Morgan fingerprint density at radius 1 is 1.44 bits per heavy atom. The highest BCUT2D eigenvalue weighted by molar-refractivity contribution is 5.57. The minimum Gasteiger partial charge on any atom is -0.394 e. The van der Waals surface area contributed by atoms with E-state index in [1.54, 1.807) is 0 Å². The molecule has 1 aliphatic carbocycles. The van der Waals surface area contributed by atoms with Crippen LogP contribution in [0.5, 0.6) is 0 Å². The molecule has 1 fully saturated rings. The van der Waals surface area contributed by atoms with Crippen LogP contribution >= 0.6 is 0 Å². The smallest absolute Gasteiger partial charge is 0.334 e. The van der Waals surface area contributed by atoms with Gasteiger partial charge in [0, 0.05) is 5.92 Å². The van der Waals surface area contributed by atoms with Gasteiger partial charge >= 0.3 is 5.69 Å². The molecule has 0 spiro atoms. The van der Waals surface area contributed by atoms with E-state index >= 15 is 0 Å². The molecule has 0 aliphatic heterocycles. The Bertz CT molecular complexity index is 438. The van der Waals surface area contributed by atoms with Gasteiger partial charge in [-0.3, -0.25) is 10.1 Å². The Morgan fingerprint density at radius 2 is 2.11 bits per heavy atom. The number of nitrogens with two attached hydrogens (primary N) is 1. The molecule has 7 heteroatoms. The summed E-state index contributed by atoms with van der Waals surface area (Å²) in [5.41, 5.74) is 6.16. The molecule has 0 atom stereocenters. The molecule has 1 heterocycles. The van der Waals surface area contributed by atoms with Crippen molar-refractivity contribution in [2.45, 2.75) is 44.6 Å². The molecule has 1 aromatic heterocycles. The molecule has 3 N–H and O–H groups in total. The van der Waals surface area contributed by atoms with Crippen LogP contribution in [-0.2, 0) is 6.54 Å². The van der Waals surface area contributed by atoms with Gasteiger partial charge in [-0.2, -0.15) is 5.10 Å². The summed E-state index contributed by atoms with van der Waals surface area (Å²) >= 11 is 0. The standard InChI is InChI=1S/C11H18N4O3/c12-11-10(15(17)18)9(13-14(11)6-7-16)8-4-2-1-3-5-8/h8,16H,1-7,12H2. The predicted octanol–water partition coefficient (Wildman–Crippen LogP) is 1.41. The van der Waals surface area contributed by atoms with Crippen LogP contribution in [0.25, 0.3) is 0 Å². The van der Waals surface area contributed by atoms with Crippen molar-refractivity contribution in [3.63, 3.8) is 0 Å². The van der Waals surface area contributed by atoms with Gasteiger partial charge in [0.25, 0.3) is 0 Å². The highest BCUT2D eigenvalue weighted by Gasteiger charge is 2.31. The van der Waals surface area contributed by atoms with Crippen LogP contribution in [0.4, 0.5) is 11.5 Å². The number of nitrogen functional groups attached to an aromatic ring is 1. The normalized spacial score (nSPS) is 16.9. The molecule has 0 amide bonds. The third kappa shape index (κ3) is 2.31. The van der Waals surface area contributed by atoms with Crippen molar-refractivity contribution in [1.29, 1.82) is 0 Å². The fraction of sp³-hybridized carbons (Fsp3) is 0.727. The summed E-state index contributed by atoms with van der Waals surface area (Å²) < 4.78 is 1.34. The lowest BCUT2D eigenvalue weighted by atomic mass is 9.86. The maximum absolute atomic E-state index is 11.1. The zero-order chi connectivity index (χ0) is 13.1. The molecule has 1 aromatic rings. The Hall–Kier alpha value is -1.63. The van der Waals surface area contributed by atoms with Crippen molar-refractivity contribution in [1.82, 2.24) is 9.78 Å². The molecule has 0 radical (unpaired) electrons.